The number of rotatable bonds is 6. The van der Waals surface area contributed by atoms with E-state index in [-0.39, 0.29) is 30.7 Å². The molecule has 0 fully saturated rings. The number of carbonyl (C=O) groups excluding carboxylic acids is 1. The van der Waals surface area contributed by atoms with Crippen LogP contribution in [-0.2, 0) is 11.3 Å². The van der Waals surface area contributed by atoms with Crippen molar-refractivity contribution >= 4 is 29.2 Å². The molecule has 3 N–H and O–H groups in total. The topological polar surface area (TPSA) is 130 Å². The summed E-state index contributed by atoms with van der Waals surface area (Å²) in [6.45, 7) is -0.177. The van der Waals surface area contributed by atoms with Crippen LogP contribution in [0.15, 0.2) is 45.9 Å². The van der Waals surface area contributed by atoms with Crippen LogP contribution in [0.4, 0.5) is 20.3 Å². The fraction of sp³-hybridized carbons (Fsp3) is 0.143. The molecule has 0 aliphatic carbocycles. The van der Waals surface area contributed by atoms with E-state index in [2.05, 4.69) is 20.6 Å². The summed E-state index contributed by atoms with van der Waals surface area (Å²) in [6.07, 6.45) is 1.78. The first-order chi connectivity index (χ1) is 16.4. The van der Waals surface area contributed by atoms with Crippen LogP contribution in [0, 0.1) is 11.6 Å². The zero-order valence-corrected chi connectivity index (χ0v) is 18.4. The molecule has 0 spiro atoms. The molecule has 174 valence electrons. The van der Waals surface area contributed by atoms with Crippen molar-refractivity contribution in [3.05, 3.63) is 48.0 Å². The van der Waals surface area contributed by atoms with E-state index in [1.807, 2.05) is 0 Å². The smallest absolute Gasteiger partial charge is 0.264 e. The molecule has 0 saturated heterocycles. The van der Waals surface area contributed by atoms with Crippen molar-refractivity contribution in [3.63, 3.8) is 0 Å². The molecular formula is C21H16F2N6O4S. The third kappa shape index (κ3) is 4.01. The Balaban J connectivity index is 1.39. The highest BCUT2D eigenvalue weighted by atomic mass is 32.2. The molecule has 2 aromatic carbocycles. The number of hydrogen-bond donors (Lipinski definition) is 2. The van der Waals surface area contributed by atoms with Crippen molar-refractivity contribution in [1.29, 1.82) is 0 Å². The van der Waals surface area contributed by atoms with Gasteiger partial charge in [-0.05, 0) is 36.6 Å². The highest BCUT2D eigenvalue weighted by Gasteiger charge is 2.24. The minimum atomic E-state index is -0.894. The second-order valence-corrected chi connectivity index (χ2v) is 7.89. The van der Waals surface area contributed by atoms with Crippen LogP contribution in [-0.4, -0.2) is 38.9 Å². The van der Waals surface area contributed by atoms with Gasteiger partial charge in [0.05, 0.1) is 5.69 Å². The lowest BCUT2D eigenvalue weighted by Gasteiger charge is -2.07. The Labute approximate surface area is 195 Å². The van der Waals surface area contributed by atoms with E-state index in [9.17, 15) is 13.6 Å². The fourth-order valence-corrected chi connectivity index (χ4v) is 3.89. The lowest BCUT2D eigenvalue weighted by Crippen LogP contribution is -2.21. The second-order valence-electron chi connectivity index (χ2n) is 7.09. The van der Waals surface area contributed by atoms with Gasteiger partial charge in [0, 0.05) is 11.6 Å². The molecule has 0 bridgehead atoms. The zero-order valence-electron chi connectivity index (χ0n) is 17.5. The van der Waals surface area contributed by atoms with E-state index in [0.29, 0.717) is 39.5 Å². The minimum Gasteiger partial charge on any atom is -0.454 e. The molecule has 5 rings (SSSR count). The highest BCUT2D eigenvalue weighted by molar-refractivity contribution is 7.98. The molecule has 13 heteroatoms. The van der Waals surface area contributed by atoms with E-state index in [1.54, 1.807) is 24.5 Å². The van der Waals surface area contributed by atoms with Gasteiger partial charge in [0.1, 0.15) is 34.6 Å². The summed E-state index contributed by atoms with van der Waals surface area (Å²) in [5, 5.41) is 11.2. The average molecular weight is 486 g/mol. The number of thioether (sulfide) groups is 1. The van der Waals surface area contributed by atoms with Gasteiger partial charge < -0.3 is 25.0 Å². The van der Waals surface area contributed by atoms with Crippen LogP contribution >= 0.6 is 11.8 Å². The number of ether oxygens (including phenoxy) is 2. The van der Waals surface area contributed by atoms with Crippen molar-refractivity contribution in [1.82, 2.24) is 19.9 Å². The SMILES string of the molecule is CSc1nn(CC(=O)Nc2ccc(F)cc2F)c(N)c1-c1nc(-c2ccc3c(c2)OCO3)no1. The van der Waals surface area contributed by atoms with Crippen LogP contribution in [0.25, 0.3) is 22.8 Å². The number of anilines is 2. The number of aromatic nitrogens is 4. The predicted octanol–water partition coefficient (Wildman–Crippen LogP) is 3.55. The number of amides is 1. The molecule has 0 unspecified atom stereocenters. The first-order valence-electron chi connectivity index (χ1n) is 9.82. The van der Waals surface area contributed by atoms with Crippen LogP contribution < -0.4 is 20.5 Å². The largest absolute Gasteiger partial charge is 0.454 e. The van der Waals surface area contributed by atoms with Crippen molar-refractivity contribution < 1.29 is 27.6 Å². The van der Waals surface area contributed by atoms with E-state index >= 15 is 0 Å². The van der Waals surface area contributed by atoms with Gasteiger partial charge in [-0.3, -0.25) is 4.79 Å². The molecule has 0 atom stereocenters. The molecule has 34 heavy (non-hydrogen) atoms. The van der Waals surface area contributed by atoms with E-state index < -0.39 is 17.5 Å². The van der Waals surface area contributed by atoms with Crippen LogP contribution in [0.5, 0.6) is 11.5 Å². The molecule has 4 aromatic rings. The Kier molecular flexibility index (Phi) is 5.53. The van der Waals surface area contributed by atoms with Crippen LogP contribution in [0.1, 0.15) is 0 Å². The highest BCUT2D eigenvalue weighted by Crippen LogP contribution is 2.37. The number of nitrogen functional groups attached to an aromatic ring is 1. The van der Waals surface area contributed by atoms with Crippen molar-refractivity contribution in [3.8, 4) is 34.3 Å². The lowest BCUT2D eigenvalue weighted by atomic mass is 10.2. The van der Waals surface area contributed by atoms with Gasteiger partial charge in [-0.15, -0.1) is 11.8 Å². The molecule has 2 aromatic heterocycles. The normalized spacial score (nSPS) is 12.2. The fourth-order valence-electron chi connectivity index (χ4n) is 3.31. The molecule has 0 radical (unpaired) electrons. The Morgan fingerprint density at radius 3 is 2.82 bits per heavy atom. The Morgan fingerprint density at radius 1 is 1.21 bits per heavy atom. The molecule has 1 aliphatic heterocycles. The second kappa shape index (κ2) is 8.67. The molecule has 1 aliphatic rings. The van der Waals surface area contributed by atoms with E-state index in [0.717, 1.165) is 12.1 Å². The minimum absolute atomic E-state index is 0.111. The molecule has 0 saturated carbocycles. The Bertz CT molecular complexity index is 1410. The van der Waals surface area contributed by atoms with Gasteiger partial charge in [0.15, 0.2) is 11.5 Å². The zero-order chi connectivity index (χ0) is 23.8. The first-order valence-corrected chi connectivity index (χ1v) is 11.0. The summed E-state index contributed by atoms with van der Waals surface area (Å²) in [7, 11) is 0. The predicted molar refractivity (Wildman–Crippen MR) is 118 cm³/mol. The maximum Gasteiger partial charge on any atom is 0.264 e. The van der Waals surface area contributed by atoms with Gasteiger partial charge in [-0.2, -0.15) is 10.1 Å². The number of benzene rings is 2. The summed E-state index contributed by atoms with van der Waals surface area (Å²) >= 11 is 1.27. The van der Waals surface area contributed by atoms with Crippen LogP contribution in [0.2, 0.25) is 0 Å². The molecule has 3 heterocycles. The summed E-state index contributed by atoms with van der Waals surface area (Å²) in [5.74, 6) is -0.519. The maximum absolute atomic E-state index is 13.8. The monoisotopic (exact) mass is 486 g/mol. The Morgan fingerprint density at radius 2 is 2.03 bits per heavy atom. The van der Waals surface area contributed by atoms with Gasteiger partial charge in [0.25, 0.3) is 5.89 Å². The summed E-state index contributed by atoms with van der Waals surface area (Å²) in [4.78, 5) is 16.8. The number of carbonyl (C=O) groups is 1. The van der Waals surface area contributed by atoms with Crippen molar-refractivity contribution in [2.75, 3.05) is 24.1 Å². The standard InChI is InChI=1S/C21H16F2N6O4S/c1-34-21-17(20-26-19(28-33-20)10-2-5-14-15(6-10)32-9-31-14)18(24)29(27-21)8-16(30)25-13-4-3-11(22)7-12(13)23/h2-7H,8-9,24H2,1H3,(H,25,30). The summed E-state index contributed by atoms with van der Waals surface area (Å²) in [5.41, 5.74) is 7.10. The third-order valence-corrected chi connectivity index (χ3v) is 5.59. The average Bonchev–Trinajstić information content (AvgIpc) is 3.54. The lowest BCUT2D eigenvalue weighted by molar-refractivity contribution is -0.116. The maximum atomic E-state index is 13.8. The van der Waals surface area contributed by atoms with E-state index in [4.69, 9.17) is 19.7 Å². The number of nitrogens with two attached hydrogens (primary N) is 1. The number of hydrogen-bond acceptors (Lipinski definition) is 9. The van der Waals surface area contributed by atoms with Gasteiger partial charge in [-0.1, -0.05) is 5.16 Å². The summed E-state index contributed by atoms with van der Waals surface area (Å²) in [6, 6.07) is 8.09. The number of nitrogens with one attached hydrogen (secondary N) is 1. The first kappa shape index (κ1) is 21.7. The Hall–Kier alpha value is -4.13. The van der Waals surface area contributed by atoms with Crippen molar-refractivity contribution in [2.24, 2.45) is 0 Å². The number of fused-ring (bicyclic) bond motifs is 1. The molecular weight excluding hydrogens is 470 g/mol. The summed E-state index contributed by atoms with van der Waals surface area (Å²) < 4.78 is 44.3. The van der Waals surface area contributed by atoms with Crippen LogP contribution in [0.3, 0.4) is 0 Å². The molecule has 10 nitrogen and oxygen atoms in total. The van der Waals surface area contributed by atoms with E-state index in [1.165, 1.54) is 16.4 Å². The van der Waals surface area contributed by atoms with Gasteiger partial charge >= 0.3 is 0 Å². The quantitative estimate of drug-likeness (QED) is 0.393. The third-order valence-electron chi connectivity index (χ3n) is 4.92. The van der Waals surface area contributed by atoms with Crippen molar-refractivity contribution in [2.45, 2.75) is 11.6 Å². The number of nitrogens with zero attached hydrogens (tertiary/aromatic N) is 4. The number of halogens is 2. The van der Waals surface area contributed by atoms with Gasteiger partial charge in [0.2, 0.25) is 18.5 Å². The molecule has 1 amide bonds. The van der Waals surface area contributed by atoms with Gasteiger partial charge in [-0.25, -0.2) is 13.5 Å².